The first-order valence-corrected chi connectivity index (χ1v) is 9.45. The van der Waals surface area contributed by atoms with E-state index in [9.17, 15) is 13.2 Å². The molecule has 1 aromatic carbocycles. The molecule has 2 aromatic rings. The summed E-state index contributed by atoms with van der Waals surface area (Å²) < 4.78 is 37.7. The van der Waals surface area contributed by atoms with Crippen molar-refractivity contribution in [3.63, 3.8) is 0 Å². The first-order chi connectivity index (χ1) is 12.9. The fraction of sp³-hybridized carbons (Fsp3) is 0.222. The van der Waals surface area contributed by atoms with Crippen molar-refractivity contribution in [2.24, 2.45) is 0 Å². The molecule has 0 aliphatic carbocycles. The van der Waals surface area contributed by atoms with Crippen LogP contribution in [0.3, 0.4) is 0 Å². The highest BCUT2D eigenvalue weighted by molar-refractivity contribution is 7.92. The molecule has 0 unspecified atom stereocenters. The number of carboxylic acids is 1. The van der Waals surface area contributed by atoms with E-state index >= 15 is 0 Å². The van der Waals surface area contributed by atoms with Crippen LogP contribution in [0.1, 0.15) is 11.1 Å². The Kier molecular flexibility index (Phi) is 5.04. The van der Waals surface area contributed by atoms with E-state index in [4.69, 9.17) is 14.6 Å². The Labute approximate surface area is 156 Å². The summed E-state index contributed by atoms with van der Waals surface area (Å²) in [5.74, 6) is 0.0387. The maximum atomic E-state index is 13.1. The first-order valence-electron chi connectivity index (χ1n) is 8.01. The summed E-state index contributed by atoms with van der Waals surface area (Å²) in [7, 11) is -0.912. The summed E-state index contributed by atoms with van der Waals surface area (Å²) in [6, 6.07) is 6.15. The van der Waals surface area contributed by atoms with Crippen LogP contribution in [0.4, 0.5) is 5.82 Å². The summed E-state index contributed by atoms with van der Waals surface area (Å²) in [5, 5.41) is 8.71. The van der Waals surface area contributed by atoms with Gasteiger partial charge in [-0.05, 0) is 41.8 Å². The van der Waals surface area contributed by atoms with Gasteiger partial charge < -0.3 is 14.6 Å². The van der Waals surface area contributed by atoms with Crippen LogP contribution >= 0.6 is 0 Å². The SMILES string of the molecule is COc1ccc(S(=O)(=O)N2CCc3cc(C=CC(=O)O)cnc32)cc1OC. The molecule has 0 radical (unpaired) electrons. The molecule has 2 heterocycles. The summed E-state index contributed by atoms with van der Waals surface area (Å²) in [6.45, 7) is 0.255. The van der Waals surface area contributed by atoms with Crippen LogP contribution in [-0.2, 0) is 21.2 Å². The monoisotopic (exact) mass is 390 g/mol. The number of hydrogen-bond acceptors (Lipinski definition) is 6. The van der Waals surface area contributed by atoms with Crippen molar-refractivity contribution < 1.29 is 27.8 Å². The number of carbonyl (C=O) groups is 1. The van der Waals surface area contributed by atoms with E-state index in [1.807, 2.05) is 0 Å². The number of fused-ring (bicyclic) bond motifs is 1. The minimum atomic E-state index is -3.83. The van der Waals surface area contributed by atoms with Gasteiger partial charge in [0.1, 0.15) is 5.82 Å². The van der Waals surface area contributed by atoms with Gasteiger partial charge in [0.2, 0.25) is 0 Å². The zero-order valence-corrected chi connectivity index (χ0v) is 15.6. The molecule has 0 saturated heterocycles. The smallest absolute Gasteiger partial charge is 0.328 e. The lowest BCUT2D eigenvalue weighted by Gasteiger charge is -2.19. The molecule has 9 heteroatoms. The minimum Gasteiger partial charge on any atom is -0.493 e. The molecule has 1 aliphatic rings. The Morgan fingerprint density at radius 1 is 1.22 bits per heavy atom. The molecular weight excluding hydrogens is 372 g/mol. The van der Waals surface area contributed by atoms with Crippen LogP contribution in [0.15, 0.2) is 41.4 Å². The van der Waals surface area contributed by atoms with Crippen molar-refractivity contribution in [2.75, 3.05) is 25.1 Å². The molecule has 3 rings (SSSR count). The Bertz CT molecular complexity index is 1020. The number of rotatable bonds is 6. The van der Waals surface area contributed by atoms with E-state index < -0.39 is 16.0 Å². The van der Waals surface area contributed by atoms with Crippen molar-refractivity contribution in [2.45, 2.75) is 11.3 Å². The fourth-order valence-electron chi connectivity index (χ4n) is 2.85. The Balaban J connectivity index is 1.96. The van der Waals surface area contributed by atoms with E-state index in [0.717, 1.165) is 11.6 Å². The predicted octanol–water partition coefficient (Wildman–Crippen LogP) is 1.95. The average Bonchev–Trinajstić information content (AvgIpc) is 3.09. The third-order valence-electron chi connectivity index (χ3n) is 4.15. The summed E-state index contributed by atoms with van der Waals surface area (Å²) in [6.07, 6.45) is 4.36. The summed E-state index contributed by atoms with van der Waals surface area (Å²) in [5.41, 5.74) is 1.34. The molecule has 0 bridgehead atoms. The van der Waals surface area contributed by atoms with Crippen LogP contribution < -0.4 is 13.8 Å². The van der Waals surface area contributed by atoms with E-state index in [-0.39, 0.29) is 11.4 Å². The highest BCUT2D eigenvalue weighted by atomic mass is 32.2. The Hall–Kier alpha value is -3.07. The Morgan fingerprint density at radius 2 is 1.96 bits per heavy atom. The molecule has 0 saturated carbocycles. The van der Waals surface area contributed by atoms with Gasteiger partial charge in [0.25, 0.3) is 10.0 Å². The highest BCUT2D eigenvalue weighted by Crippen LogP contribution is 2.35. The van der Waals surface area contributed by atoms with Gasteiger partial charge in [-0.1, -0.05) is 0 Å². The fourth-order valence-corrected chi connectivity index (χ4v) is 4.33. The van der Waals surface area contributed by atoms with Crippen molar-refractivity contribution in [3.8, 4) is 11.5 Å². The number of anilines is 1. The number of sulfonamides is 1. The quantitative estimate of drug-likeness (QED) is 0.752. The number of aliphatic carboxylic acids is 1. The molecule has 1 N–H and O–H groups in total. The van der Waals surface area contributed by atoms with Crippen molar-refractivity contribution in [1.29, 1.82) is 0 Å². The Morgan fingerprint density at radius 3 is 2.63 bits per heavy atom. The van der Waals surface area contributed by atoms with E-state index in [1.165, 1.54) is 49.0 Å². The van der Waals surface area contributed by atoms with Gasteiger partial charge in [-0.3, -0.25) is 0 Å². The highest BCUT2D eigenvalue weighted by Gasteiger charge is 2.32. The average molecular weight is 390 g/mol. The number of benzene rings is 1. The van der Waals surface area contributed by atoms with E-state index in [0.29, 0.717) is 29.3 Å². The molecule has 1 aromatic heterocycles. The maximum Gasteiger partial charge on any atom is 0.328 e. The van der Waals surface area contributed by atoms with E-state index in [2.05, 4.69) is 4.98 Å². The second-order valence-corrected chi connectivity index (χ2v) is 7.63. The van der Waals surface area contributed by atoms with Gasteiger partial charge in [-0.25, -0.2) is 22.5 Å². The van der Waals surface area contributed by atoms with Gasteiger partial charge in [0, 0.05) is 24.9 Å². The zero-order valence-electron chi connectivity index (χ0n) is 14.7. The maximum absolute atomic E-state index is 13.1. The topological polar surface area (TPSA) is 106 Å². The lowest BCUT2D eigenvalue weighted by atomic mass is 10.1. The molecule has 8 nitrogen and oxygen atoms in total. The van der Waals surface area contributed by atoms with Crippen molar-refractivity contribution >= 4 is 27.9 Å². The number of pyridine rings is 1. The standard InChI is InChI=1S/C18H18N2O6S/c1-25-15-5-4-14(10-16(15)26-2)27(23,24)20-8-7-13-9-12(3-6-17(21)22)11-19-18(13)20/h3-6,9-11H,7-8H2,1-2H3,(H,21,22). The van der Waals surface area contributed by atoms with Crippen LogP contribution in [0, 0.1) is 0 Å². The second-order valence-electron chi connectivity index (χ2n) is 5.77. The second kappa shape index (κ2) is 7.28. The van der Waals surface area contributed by atoms with Gasteiger partial charge >= 0.3 is 5.97 Å². The van der Waals surface area contributed by atoms with Gasteiger partial charge in [-0.15, -0.1) is 0 Å². The van der Waals surface area contributed by atoms with Crippen molar-refractivity contribution in [1.82, 2.24) is 4.98 Å². The summed E-state index contributed by atoms with van der Waals surface area (Å²) >= 11 is 0. The van der Waals surface area contributed by atoms with Crippen LogP contribution in [0.2, 0.25) is 0 Å². The van der Waals surface area contributed by atoms with Gasteiger partial charge in [-0.2, -0.15) is 0 Å². The lowest BCUT2D eigenvalue weighted by molar-refractivity contribution is -0.131. The molecule has 0 fully saturated rings. The predicted molar refractivity (Wildman–Crippen MR) is 98.7 cm³/mol. The number of carboxylic acid groups (broad SMARTS) is 1. The number of aromatic nitrogens is 1. The molecule has 142 valence electrons. The van der Waals surface area contributed by atoms with Crippen LogP contribution in [0.25, 0.3) is 6.08 Å². The van der Waals surface area contributed by atoms with Crippen molar-refractivity contribution in [3.05, 3.63) is 47.7 Å². The van der Waals surface area contributed by atoms with Crippen LogP contribution in [-0.4, -0.2) is 45.2 Å². The minimum absolute atomic E-state index is 0.0737. The lowest BCUT2D eigenvalue weighted by Crippen LogP contribution is -2.29. The molecular formula is C18H18N2O6S. The van der Waals surface area contributed by atoms with Crippen LogP contribution in [0.5, 0.6) is 11.5 Å². The number of nitrogens with zero attached hydrogens (tertiary/aromatic N) is 2. The zero-order chi connectivity index (χ0) is 19.6. The third kappa shape index (κ3) is 3.59. The third-order valence-corrected chi connectivity index (χ3v) is 5.93. The molecule has 0 atom stereocenters. The van der Waals surface area contributed by atoms with Gasteiger partial charge in [0.05, 0.1) is 19.1 Å². The van der Waals surface area contributed by atoms with Gasteiger partial charge in [0.15, 0.2) is 11.5 Å². The number of hydrogen-bond donors (Lipinski definition) is 1. The molecule has 27 heavy (non-hydrogen) atoms. The largest absolute Gasteiger partial charge is 0.493 e. The van der Waals surface area contributed by atoms with E-state index in [1.54, 1.807) is 6.07 Å². The number of methoxy groups -OCH3 is 2. The molecule has 0 amide bonds. The summed E-state index contributed by atoms with van der Waals surface area (Å²) in [4.78, 5) is 14.9. The normalized spacial score (nSPS) is 13.6. The number of ether oxygens (including phenoxy) is 2. The first kappa shape index (κ1) is 18.7. The molecule has 1 aliphatic heterocycles. The molecule has 0 spiro atoms.